The molecule has 0 N–H and O–H groups in total. The molecule has 0 saturated heterocycles. The molecule has 0 bridgehead atoms. The Hall–Kier alpha value is -2.40. The molecular weight excluding hydrogens is 290 g/mol. The molecule has 3 rings (SSSR count). The molecule has 2 aromatic heterocycles. The molecule has 5 nitrogen and oxygen atoms in total. The van der Waals surface area contributed by atoms with Crippen LogP contribution in [0, 0.1) is 0 Å². The van der Waals surface area contributed by atoms with Crippen molar-refractivity contribution in [2.75, 3.05) is 14.1 Å². The van der Waals surface area contributed by atoms with Gasteiger partial charge >= 0.3 is 0 Å². The number of amides is 1. The number of benzene rings is 1. The molecule has 0 spiro atoms. The van der Waals surface area contributed by atoms with Gasteiger partial charge in [-0.3, -0.25) is 9.78 Å². The summed E-state index contributed by atoms with van der Waals surface area (Å²) in [6, 6.07) is 6.89. The molecule has 0 unspecified atom stereocenters. The van der Waals surface area contributed by atoms with Gasteiger partial charge in [-0.15, -0.1) is 0 Å². The van der Waals surface area contributed by atoms with Crippen LogP contribution in [0.5, 0.6) is 0 Å². The Morgan fingerprint density at radius 3 is 2.81 bits per heavy atom. The fourth-order valence-corrected chi connectivity index (χ4v) is 2.18. The van der Waals surface area contributed by atoms with Crippen LogP contribution in [-0.4, -0.2) is 34.9 Å². The second-order valence-electron chi connectivity index (χ2n) is 4.76. The van der Waals surface area contributed by atoms with E-state index in [9.17, 15) is 4.79 Å². The number of carbonyl (C=O) groups excluding carboxylic acids is 1. The molecular formula is C15H12ClN3O2. The van der Waals surface area contributed by atoms with E-state index in [2.05, 4.69) is 9.97 Å². The van der Waals surface area contributed by atoms with Crippen molar-refractivity contribution in [2.45, 2.75) is 0 Å². The van der Waals surface area contributed by atoms with E-state index in [4.69, 9.17) is 16.0 Å². The molecule has 0 saturated carbocycles. The maximum atomic E-state index is 12.0. The fourth-order valence-electron chi connectivity index (χ4n) is 1.98. The summed E-state index contributed by atoms with van der Waals surface area (Å²) < 4.78 is 5.68. The average Bonchev–Trinajstić information content (AvgIpc) is 2.89. The molecule has 0 aliphatic heterocycles. The predicted molar refractivity (Wildman–Crippen MR) is 80.3 cm³/mol. The van der Waals surface area contributed by atoms with E-state index in [1.165, 1.54) is 11.1 Å². The fraction of sp³-hybridized carbons (Fsp3) is 0.133. The van der Waals surface area contributed by atoms with Crippen molar-refractivity contribution in [3.05, 3.63) is 47.2 Å². The Balaban J connectivity index is 2.09. The molecule has 21 heavy (non-hydrogen) atoms. The first kappa shape index (κ1) is 13.6. The molecule has 106 valence electrons. The van der Waals surface area contributed by atoms with Crippen LogP contribution in [-0.2, 0) is 0 Å². The minimum absolute atomic E-state index is 0.0802. The standard InChI is InChI=1S/C15H12ClN3O2/c1-19(2)15(20)9-3-4-13-12(7-9)18-14(21-13)10-5-6-17-8-11(10)16/h3-8H,1-2H3. The van der Waals surface area contributed by atoms with Crippen LogP contribution in [0.15, 0.2) is 41.1 Å². The lowest BCUT2D eigenvalue weighted by Crippen LogP contribution is -2.21. The molecule has 2 heterocycles. The van der Waals surface area contributed by atoms with Crippen LogP contribution in [0.25, 0.3) is 22.6 Å². The Morgan fingerprint density at radius 1 is 1.29 bits per heavy atom. The number of aromatic nitrogens is 2. The highest BCUT2D eigenvalue weighted by molar-refractivity contribution is 6.33. The normalized spacial score (nSPS) is 10.8. The zero-order valence-corrected chi connectivity index (χ0v) is 12.3. The number of halogens is 1. The third-order valence-electron chi connectivity index (χ3n) is 3.04. The number of carbonyl (C=O) groups is 1. The molecule has 3 aromatic rings. The summed E-state index contributed by atoms with van der Waals surface area (Å²) in [4.78, 5) is 21.8. The van der Waals surface area contributed by atoms with Gasteiger partial charge in [0.25, 0.3) is 5.91 Å². The lowest BCUT2D eigenvalue weighted by molar-refractivity contribution is 0.0828. The predicted octanol–water partition coefficient (Wildman–Crippen LogP) is 3.25. The zero-order valence-electron chi connectivity index (χ0n) is 11.5. The van der Waals surface area contributed by atoms with Crippen molar-refractivity contribution in [1.82, 2.24) is 14.9 Å². The molecule has 1 aromatic carbocycles. The van der Waals surface area contributed by atoms with Crippen molar-refractivity contribution in [1.29, 1.82) is 0 Å². The molecule has 1 amide bonds. The van der Waals surface area contributed by atoms with Crippen LogP contribution >= 0.6 is 11.6 Å². The van der Waals surface area contributed by atoms with Crippen LogP contribution in [0.4, 0.5) is 0 Å². The quantitative estimate of drug-likeness (QED) is 0.729. The highest BCUT2D eigenvalue weighted by atomic mass is 35.5. The summed E-state index contributed by atoms with van der Waals surface area (Å²) in [5.41, 5.74) is 2.45. The second kappa shape index (κ2) is 5.18. The number of fused-ring (bicyclic) bond motifs is 1. The highest BCUT2D eigenvalue weighted by Gasteiger charge is 2.14. The number of oxazole rings is 1. The topological polar surface area (TPSA) is 59.2 Å². The molecule has 0 aliphatic carbocycles. The SMILES string of the molecule is CN(C)C(=O)c1ccc2oc(-c3ccncc3Cl)nc2c1. The van der Waals surface area contributed by atoms with Crippen molar-refractivity contribution in [2.24, 2.45) is 0 Å². The van der Waals surface area contributed by atoms with Gasteiger partial charge in [-0.2, -0.15) is 0 Å². The Labute approximate surface area is 126 Å². The van der Waals surface area contributed by atoms with E-state index in [0.717, 1.165) is 0 Å². The Kier molecular flexibility index (Phi) is 3.35. The molecule has 0 aliphatic rings. The first-order chi connectivity index (χ1) is 10.1. The molecule has 0 atom stereocenters. The van der Waals surface area contributed by atoms with Gasteiger partial charge < -0.3 is 9.32 Å². The summed E-state index contributed by atoms with van der Waals surface area (Å²) in [5, 5.41) is 0.466. The van der Waals surface area contributed by atoms with Gasteiger partial charge in [-0.05, 0) is 24.3 Å². The Bertz CT molecular complexity index is 827. The number of hydrogen-bond donors (Lipinski definition) is 0. The molecule has 0 radical (unpaired) electrons. The van der Waals surface area contributed by atoms with Gasteiger partial charge in [0, 0.05) is 32.1 Å². The van der Waals surface area contributed by atoms with Crippen molar-refractivity contribution in [3.63, 3.8) is 0 Å². The largest absolute Gasteiger partial charge is 0.436 e. The van der Waals surface area contributed by atoms with E-state index in [1.807, 2.05) is 0 Å². The van der Waals surface area contributed by atoms with Crippen molar-refractivity contribution in [3.8, 4) is 11.5 Å². The number of rotatable bonds is 2. The first-order valence-corrected chi connectivity index (χ1v) is 6.66. The summed E-state index contributed by atoms with van der Waals surface area (Å²) in [7, 11) is 3.41. The van der Waals surface area contributed by atoms with E-state index in [0.29, 0.717) is 33.1 Å². The van der Waals surface area contributed by atoms with Gasteiger partial charge in [0.2, 0.25) is 5.89 Å². The third kappa shape index (κ3) is 2.48. The number of nitrogens with zero attached hydrogens (tertiary/aromatic N) is 3. The zero-order chi connectivity index (χ0) is 15.0. The Morgan fingerprint density at radius 2 is 2.10 bits per heavy atom. The van der Waals surface area contributed by atoms with Gasteiger partial charge in [-0.1, -0.05) is 11.6 Å². The smallest absolute Gasteiger partial charge is 0.253 e. The molecule has 0 fully saturated rings. The van der Waals surface area contributed by atoms with E-state index in [-0.39, 0.29) is 5.91 Å². The van der Waals surface area contributed by atoms with Crippen molar-refractivity contribution >= 4 is 28.6 Å². The minimum Gasteiger partial charge on any atom is -0.436 e. The van der Waals surface area contributed by atoms with Crippen LogP contribution in [0.2, 0.25) is 5.02 Å². The lowest BCUT2D eigenvalue weighted by Gasteiger charge is -2.09. The van der Waals surface area contributed by atoms with Crippen LogP contribution < -0.4 is 0 Å². The maximum Gasteiger partial charge on any atom is 0.253 e. The number of hydrogen-bond acceptors (Lipinski definition) is 4. The summed E-state index contributed by atoms with van der Waals surface area (Å²) in [5.74, 6) is 0.329. The van der Waals surface area contributed by atoms with E-state index < -0.39 is 0 Å². The van der Waals surface area contributed by atoms with E-state index in [1.54, 1.807) is 44.6 Å². The summed E-state index contributed by atoms with van der Waals surface area (Å²) >= 11 is 6.09. The monoisotopic (exact) mass is 301 g/mol. The highest BCUT2D eigenvalue weighted by Crippen LogP contribution is 2.29. The molecule has 6 heteroatoms. The van der Waals surface area contributed by atoms with Gasteiger partial charge in [0.05, 0.1) is 10.6 Å². The third-order valence-corrected chi connectivity index (χ3v) is 3.34. The van der Waals surface area contributed by atoms with Crippen molar-refractivity contribution < 1.29 is 9.21 Å². The van der Waals surface area contributed by atoms with Gasteiger partial charge in [0.15, 0.2) is 5.58 Å². The second-order valence-corrected chi connectivity index (χ2v) is 5.16. The first-order valence-electron chi connectivity index (χ1n) is 6.28. The average molecular weight is 302 g/mol. The maximum absolute atomic E-state index is 12.0. The van der Waals surface area contributed by atoms with E-state index >= 15 is 0 Å². The van der Waals surface area contributed by atoms with Gasteiger partial charge in [0.1, 0.15) is 5.52 Å². The summed E-state index contributed by atoms with van der Waals surface area (Å²) in [6.45, 7) is 0. The number of pyridine rings is 1. The minimum atomic E-state index is -0.0802. The lowest BCUT2D eigenvalue weighted by atomic mass is 10.2. The van der Waals surface area contributed by atoms with Gasteiger partial charge in [-0.25, -0.2) is 4.98 Å². The van der Waals surface area contributed by atoms with Crippen LogP contribution in [0.3, 0.4) is 0 Å². The van der Waals surface area contributed by atoms with Crippen LogP contribution in [0.1, 0.15) is 10.4 Å². The summed E-state index contributed by atoms with van der Waals surface area (Å²) in [6.07, 6.45) is 3.16.